The van der Waals surface area contributed by atoms with Crippen LogP contribution in [-0.4, -0.2) is 35.3 Å². The van der Waals surface area contributed by atoms with E-state index in [2.05, 4.69) is 31.4 Å². The molecule has 1 saturated heterocycles. The first kappa shape index (κ1) is 20.4. The van der Waals surface area contributed by atoms with E-state index in [0.29, 0.717) is 11.8 Å². The van der Waals surface area contributed by atoms with E-state index in [-0.39, 0.29) is 24.4 Å². The van der Waals surface area contributed by atoms with Gasteiger partial charge in [0, 0.05) is 6.04 Å². The quantitative estimate of drug-likeness (QED) is 0.764. The molecule has 6 nitrogen and oxygen atoms in total. The lowest BCUT2D eigenvalue weighted by molar-refractivity contribution is -0.135. The number of urea groups is 1. The van der Waals surface area contributed by atoms with E-state index in [4.69, 9.17) is 0 Å². The van der Waals surface area contributed by atoms with Crippen LogP contribution >= 0.6 is 0 Å². The van der Waals surface area contributed by atoms with Crippen molar-refractivity contribution in [1.29, 1.82) is 0 Å². The topological polar surface area (TPSA) is 78.5 Å². The van der Waals surface area contributed by atoms with Crippen LogP contribution in [0.1, 0.15) is 70.4 Å². The van der Waals surface area contributed by atoms with E-state index in [1.54, 1.807) is 6.92 Å². The van der Waals surface area contributed by atoms with Crippen LogP contribution in [0.2, 0.25) is 0 Å². The molecule has 1 aliphatic carbocycles. The van der Waals surface area contributed by atoms with Gasteiger partial charge in [-0.15, -0.1) is 0 Å². The number of hydrogen-bond donors (Lipinski definition) is 2. The van der Waals surface area contributed by atoms with Crippen LogP contribution in [-0.2, 0) is 15.1 Å². The number of rotatable bonds is 5. The largest absolute Gasteiger partial charge is 0.352 e. The first-order valence-electron chi connectivity index (χ1n) is 10.3. The Labute approximate surface area is 167 Å². The number of nitrogens with one attached hydrogen (secondary N) is 2. The Morgan fingerprint density at radius 2 is 1.86 bits per heavy atom. The van der Waals surface area contributed by atoms with Gasteiger partial charge in [0.05, 0.1) is 0 Å². The second-order valence-corrected chi connectivity index (χ2v) is 8.66. The summed E-state index contributed by atoms with van der Waals surface area (Å²) in [7, 11) is 0. The van der Waals surface area contributed by atoms with Crippen LogP contribution in [0.15, 0.2) is 24.3 Å². The van der Waals surface area contributed by atoms with Crippen LogP contribution in [0.5, 0.6) is 0 Å². The minimum absolute atomic E-state index is 0.122. The van der Waals surface area contributed by atoms with Gasteiger partial charge in [0.25, 0.3) is 5.91 Å². The normalized spacial score (nSPS) is 27.8. The molecular formula is C22H31N3O3. The smallest absolute Gasteiger partial charge is 0.325 e. The second kappa shape index (κ2) is 7.94. The van der Waals surface area contributed by atoms with E-state index in [9.17, 15) is 14.4 Å². The predicted molar refractivity (Wildman–Crippen MR) is 108 cm³/mol. The predicted octanol–water partition coefficient (Wildman–Crippen LogP) is 3.27. The number of benzene rings is 1. The molecule has 2 N–H and O–H groups in total. The molecule has 6 heteroatoms. The summed E-state index contributed by atoms with van der Waals surface area (Å²) in [6, 6.07) is 7.31. The zero-order valence-electron chi connectivity index (χ0n) is 17.2. The first-order chi connectivity index (χ1) is 13.2. The highest BCUT2D eigenvalue weighted by Crippen LogP contribution is 2.30. The highest BCUT2D eigenvalue weighted by Gasteiger charge is 2.49. The van der Waals surface area contributed by atoms with Gasteiger partial charge in [0.1, 0.15) is 12.1 Å². The lowest BCUT2D eigenvalue weighted by Crippen LogP contribution is -2.47. The summed E-state index contributed by atoms with van der Waals surface area (Å²) >= 11 is 0. The van der Waals surface area contributed by atoms with E-state index < -0.39 is 11.6 Å². The standard InChI is InChI=1S/C22H31N3O3/c1-14(2)16-9-11-17(12-10-16)22(4)20(27)25(21(28)24-22)13-19(26)23-18-8-6-5-7-15(18)3/h9-12,14-15,18H,5-8,13H2,1-4H3,(H,23,26)(H,24,28)/t15-,18-,22-/m1/s1. The van der Waals surface area contributed by atoms with Crippen molar-refractivity contribution in [3.05, 3.63) is 35.4 Å². The van der Waals surface area contributed by atoms with E-state index in [1.165, 1.54) is 12.0 Å². The molecule has 2 fully saturated rings. The zero-order chi connectivity index (χ0) is 20.5. The third-order valence-corrected chi connectivity index (χ3v) is 6.19. The van der Waals surface area contributed by atoms with Crippen molar-refractivity contribution in [2.45, 2.75) is 70.9 Å². The minimum Gasteiger partial charge on any atom is -0.352 e. The summed E-state index contributed by atoms with van der Waals surface area (Å²) in [6.07, 6.45) is 4.34. The van der Waals surface area contributed by atoms with Crippen LogP contribution in [0.4, 0.5) is 4.79 Å². The lowest BCUT2D eigenvalue weighted by Gasteiger charge is -2.30. The number of nitrogens with zero attached hydrogens (tertiary/aromatic N) is 1. The monoisotopic (exact) mass is 385 g/mol. The van der Waals surface area contributed by atoms with Crippen LogP contribution < -0.4 is 10.6 Å². The zero-order valence-corrected chi connectivity index (χ0v) is 17.2. The summed E-state index contributed by atoms with van der Waals surface area (Å²) in [5.74, 6) is 0.145. The molecule has 3 atom stereocenters. The Bertz CT molecular complexity index is 759. The van der Waals surface area contributed by atoms with Gasteiger partial charge in [0.15, 0.2) is 0 Å². The Morgan fingerprint density at radius 3 is 2.46 bits per heavy atom. The number of carbonyl (C=O) groups is 3. The Kier molecular flexibility index (Phi) is 5.77. The minimum atomic E-state index is -1.15. The summed E-state index contributed by atoms with van der Waals surface area (Å²) in [5, 5.41) is 5.78. The number of carbonyl (C=O) groups excluding carboxylic acids is 3. The number of amides is 4. The van der Waals surface area contributed by atoms with E-state index >= 15 is 0 Å². The molecule has 28 heavy (non-hydrogen) atoms. The number of hydrogen-bond acceptors (Lipinski definition) is 3. The van der Waals surface area contributed by atoms with Crippen LogP contribution in [0.3, 0.4) is 0 Å². The molecule has 1 saturated carbocycles. The maximum absolute atomic E-state index is 13.0. The highest BCUT2D eigenvalue weighted by molar-refractivity contribution is 6.09. The second-order valence-electron chi connectivity index (χ2n) is 8.66. The van der Waals surface area contributed by atoms with Crippen molar-refractivity contribution >= 4 is 17.8 Å². The fraction of sp³-hybridized carbons (Fsp3) is 0.591. The fourth-order valence-corrected chi connectivity index (χ4v) is 4.16. The molecule has 1 aromatic rings. The van der Waals surface area contributed by atoms with Crippen molar-refractivity contribution in [3.63, 3.8) is 0 Å². The summed E-state index contributed by atoms with van der Waals surface area (Å²) in [5.41, 5.74) is 0.742. The molecular weight excluding hydrogens is 354 g/mol. The van der Waals surface area contributed by atoms with Gasteiger partial charge in [-0.05, 0) is 42.7 Å². The third kappa shape index (κ3) is 3.91. The summed E-state index contributed by atoms with van der Waals surface area (Å²) in [6.45, 7) is 7.79. The van der Waals surface area contributed by atoms with Gasteiger partial charge in [0.2, 0.25) is 5.91 Å². The molecule has 3 rings (SSSR count). The van der Waals surface area contributed by atoms with Crippen LogP contribution in [0.25, 0.3) is 0 Å². The third-order valence-electron chi connectivity index (χ3n) is 6.19. The summed E-state index contributed by atoms with van der Waals surface area (Å²) in [4.78, 5) is 39.0. The van der Waals surface area contributed by atoms with Crippen molar-refractivity contribution in [2.75, 3.05) is 6.54 Å². The molecule has 1 aromatic carbocycles. The molecule has 0 unspecified atom stereocenters. The fourth-order valence-electron chi connectivity index (χ4n) is 4.16. The molecule has 0 spiro atoms. The average molecular weight is 386 g/mol. The van der Waals surface area contributed by atoms with Gasteiger partial charge in [-0.3, -0.25) is 14.5 Å². The van der Waals surface area contributed by atoms with Crippen LogP contribution in [0, 0.1) is 5.92 Å². The highest BCUT2D eigenvalue weighted by atomic mass is 16.2. The summed E-state index contributed by atoms with van der Waals surface area (Å²) < 4.78 is 0. The molecule has 152 valence electrons. The van der Waals surface area contributed by atoms with Crippen molar-refractivity contribution in [3.8, 4) is 0 Å². The van der Waals surface area contributed by atoms with Crippen molar-refractivity contribution < 1.29 is 14.4 Å². The van der Waals surface area contributed by atoms with Crippen molar-refractivity contribution in [1.82, 2.24) is 15.5 Å². The van der Waals surface area contributed by atoms with Gasteiger partial charge < -0.3 is 10.6 Å². The maximum Gasteiger partial charge on any atom is 0.325 e. The van der Waals surface area contributed by atoms with Gasteiger partial charge in [-0.25, -0.2) is 4.79 Å². The van der Waals surface area contributed by atoms with Gasteiger partial charge in [-0.1, -0.05) is 57.9 Å². The van der Waals surface area contributed by atoms with Gasteiger partial charge >= 0.3 is 6.03 Å². The molecule has 0 bridgehead atoms. The molecule has 0 aromatic heterocycles. The lowest BCUT2D eigenvalue weighted by atomic mass is 9.86. The van der Waals surface area contributed by atoms with Crippen molar-refractivity contribution in [2.24, 2.45) is 5.92 Å². The molecule has 0 radical (unpaired) electrons. The molecule has 1 aliphatic heterocycles. The Morgan fingerprint density at radius 1 is 1.21 bits per heavy atom. The van der Waals surface area contributed by atoms with E-state index in [0.717, 1.165) is 29.7 Å². The maximum atomic E-state index is 13.0. The Hall–Kier alpha value is -2.37. The first-order valence-corrected chi connectivity index (χ1v) is 10.3. The van der Waals surface area contributed by atoms with E-state index in [1.807, 2.05) is 24.3 Å². The molecule has 1 heterocycles. The average Bonchev–Trinajstić information content (AvgIpc) is 2.88. The molecule has 4 amide bonds. The Balaban J connectivity index is 1.69. The number of imide groups is 1. The molecule has 2 aliphatic rings. The SMILES string of the molecule is CC(C)c1ccc([C@@]2(C)NC(=O)N(CC(=O)N[C@@H]3CCCC[C@H]3C)C2=O)cc1. The van der Waals surface area contributed by atoms with Gasteiger partial charge in [-0.2, -0.15) is 0 Å².